The van der Waals surface area contributed by atoms with Crippen LogP contribution in [0.1, 0.15) is 27.4 Å². The van der Waals surface area contributed by atoms with Crippen LogP contribution in [-0.2, 0) is 20.9 Å². The molecule has 0 aliphatic heterocycles. The monoisotopic (exact) mass is 301 g/mol. The summed E-state index contributed by atoms with van der Waals surface area (Å²) in [6.45, 7) is 1.82. The van der Waals surface area contributed by atoms with Crippen molar-refractivity contribution in [2.24, 2.45) is 0 Å². The molecule has 2 rings (SSSR count). The number of ether oxygens (including phenoxy) is 2. The second-order valence-corrected chi connectivity index (χ2v) is 4.48. The summed E-state index contributed by atoms with van der Waals surface area (Å²) in [6.07, 6.45) is 2.90. The molecule has 1 heterocycles. The molecule has 0 saturated heterocycles. The number of methoxy groups -OCH3 is 1. The van der Waals surface area contributed by atoms with Crippen molar-refractivity contribution in [3.8, 4) is 0 Å². The molecule has 0 saturated carbocycles. The average molecular weight is 301 g/mol. The number of carbonyl (C=O) groups excluding carboxylic acids is 2. The lowest BCUT2D eigenvalue weighted by Gasteiger charge is -2.00. The van der Waals surface area contributed by atoms with Gasteiger partial charge in [-0.05, 0) is 30.7 Å². The molecule has 0 amide bonds. The standard InChI is InChI=1S/C16H15NO5/c1-11-9-14(17-22-11)10-21-15(18)8-5-12-3-6-13(7-4-12)16(19)20-2/h3-9H,10H2,1-2H3/b8-5+. The molecule has 22 heavy (non-hydrogen) atoms. The first-order chi connectivity index (χ1) is 10.6. The maximum Gasteiger partial charge on any atom is 0.337 e. The van der Waals surface area contributed by atoms with Crippen molar-refractivity contribution in [2.45, 2.75) is 13.5 Å². The van der Waals surface area contributed by atoms with Crippen LogP contribution in [0.3, 0.4) is 0 Å². The van der Waals surface area contributed by atoms with Crippen LogP contribution in [0.4, 0.5) is 0 Å². The van der Waals surface area contributed by atoms with Crippen LogP contribution < -0.4 is 0 Å². The van der Waals surface area contributed by atoms with Crippen molar-refractivity contribution in [3.63, 3.8) is 0 Å². The van der Waals surface area contributed by atoms with Gasteiger partial charge >= 0.3 is 11.9 Å². The minimum absolute atomic E-state index is 0.0573. The number of hydrogen-bond donors (Lipinski definition) is 0. The second kappa shape index (κ2) is 7.21. The Hall–Kier alpha value is -2.89. The molecule has 0 fully saturated rings. The minimum atomic E-state index is -0.488. The lowest BCUT2D eigenvalue weighted by Crippen LogP contribution is -2.01. The fourth-order valence-corrected chi connectivity index (χ4v) is 1.69. The van der Waals surface area contributed by atoms with Gasteiger partial charge in [-0.2, -0.15) is 0 Å². The SMILES string of the molecule is COC(=O)c1ccc(/C=C/C(=O)OCc2cc(C)on2)cc1. The number of carbonyl (C=O) groups is 2. The van der Waals surface area contributed by atoms with Crippen molar-refractivity contribution in [1.82, 2.24) is 5.16 Å². The highest BCUT2D eigenvalue weighted by molar-refractivity contribution is 5.90. The van der Waals surface area contributed by atoms with E-state index in [1.54, 1.807) is 43.3 Å². The molecule has 0 unspecified atom stereocenters. The maximum absolute atomic E-state index is 11.6. The molecular formula is C16H15NO5. The molecule has 6 heteroatoms. The van der Waals surface area contributed by atoms with Gasteiger partial charge in [-0.15, -0.1) is 0 Å². The van der Waals surface area contributed by atoms with Crippen LogP contribution >= 0.6 is 0 Å². The summed E-state index contributed by atoms with van der Waals surface area (Å²) < 4.78 is 14.5. The summed E-state index contributed by atoms with van der Waals surface area (Å²) in [4.78, 5) is 22.9. The molecule has 0 N–H and O–H groups in total. The largest absolute Gasteiger partial charge is 0.465 e. The zero-order valence-electron chi connectivity index (χ0n) is 12.2. The number of esters is 2. The average Bonchev–Trinajstić information content (AvgIpc) is 2.96. The quantitative estimate of drug-likeness (QED) is 0.623. The van der Waals surface area contributed by atoms with E-state index in [1.165, 1.54) is 13.2 Å². The first-order valence-corrected chi connectivity index (χ1v) is 6.54. The molecule has 1 aromatic carbocycles. The predicted octanol–water partition coefficient (Wildman–Crippen LogP) is 2.53. The Bertz CT molecular complexity index is 685. The lowest BCUT2D eigenvalue weighted by molar-refractivity contribution is -0.139. The maximum atomic E-state index is 11.6. The second-order valence-electron chi connectivity index (χ2n) is 4.48. The smallest absolute Gasteiger partial charge is 0.337 e. The van der Waals surface area contributed by atoms with Gasteiger partial charge in [-0.1, -0.05) is 17.3 Å². The number of benzene rings is 1. The topological polar surface area (TPSA) is 78.6 Å². The molecule has 114 valence electrons. The summed E-state index contributed by atoms with van der Waals surface area (Å²) in [5.74, 6) is -0.233. The van der Waals surface area contributed by atoms with Crippen LogP contribution in [0, 0.1) is 6.92 Å². The van der Waals surface area contributed by atoms with E-state index in [4.69, 9.17) is 9.26 Å². The molecule has 2 aromatic rings. The Morgan fingerprint density at radius 1 is 1.27 bits per heavy atom. The number of aromatic nitrogens is 1. The number of rotatable bonds is 5. The summed E-state index contributed by atoms with van der Waals surface area (Å²) in [6, 6.07) is 8.35. The Morgan fingerprint density at radius 3 is 2.59 bits per heavy atom. The van der Waals surface area contributed by atoms with E-state index in [0.717, 1.165) is 5.56 Å². The van der Waals surface area contributed by atoms with Gasteiger partial charge in [-0.3, -0.25) is 0 Å². The van der Waals surface area contributed by atoms with E-state index in [0.29, 0.717) is 17.0 Å². The molecular weight excluding hydrogens is 286 g/mol. The molecule has 0 atom stereocenters. The third kappa shape index (κ3) is 4.31. The highest BCUT2D eigenvalue weighted by Gasteiger charge is 2.05. The molecule has 0 radical (unpaired) electrons. The number of aryl methyl sites for hydroxylation is 1. The van der Waals surface area contributed by atoms with E-state index in [-0.39, 0.29) is 6.61 Å². The van der Waals surface area contributed by atoms with Gasteiger partial charge in [0.15, 0.2) is 0 Å². The first-order valence-electron chi connectivity index (χ1n) is 6.54. The first kappa shape index (κ1) is 15.5. The summed E-state index contributed by atoms with van der Waals surface area (Å²) in [5.41, 5.74) is 1.77. The van der Waals surface area contributed by atoms with Gasteiger partial charge in [-0.25, -0.2) is 9.59 Å². The van der Waals surface area contributed by atoms with Gasteiger partial charge in [0.2, 0.25) is 0 Å². The Kier molecular flexibility index (Phi) is 5.08. The van der Waals surface area contributed by atoms with Gasteiger partial charge in [0, 0.05) is 12.1 Å². The zero-order valence-corrected chi connectivity index (χ0v) is 12.2. The normalized spacial score (nSPS) is 10.6. The van der Waals surface area contributed by atoms with E-state index in [1.807, 2.05) is 0 Å². The fourth-order valence-electron chi connectivity index (χ4n) is 1.69. The predicted molar refractivity (Wildman–Crippen MR) is 77.9 cm³/mol. The van der Waals surface area contributed by atoms with Crippen molar-refractivity contribution in [2.75, 3.05) is 7.11 Å². The van der Waals surface area contributed by atoms with E-state index >= 15 is 0 Å². The van der Waals surface area contributed by atoms with Gasteiger partial charge < -0.3 is 14.0 Å². The Labute approximate surface area is 127 Å². The minimum Gasteiger partial charge on any atom is -0.465 e. The molecule has 6 nitrogen and oxygen atoms in total. The summed E-state index contributed by atoms with van der Waals surface area (Å²) in [5, 5.41) is 3.72. The van der Waals surface area contributed by atoms with Crippen LogP contribution in [0.5, 0.6) is 0 Å². The van der Waals surface area contributed by atoms with Gasteiger partial charge in [0.05, 0.1) is 12.7 Å². The molecule has 0 bridgehead atoms. The zero-order chi connectivity index (χ0) is 15.9. The highest BCUT2D eigenvalue weighted by atomic mass is 16.5. The summed E-state index contributed by atoms with van der Waals surface area (Å²) in [7, 11) is 1.32. The number of nitrogens with zero attached hydrogens (tertiary/aromatic N) is 1. The van der Waals surface area contributed by atoms with Crippen LogP contribution in [0.2, 0.25) is 0 Å². The molecule has 0 aliphatic carbocycles. The fraction of sp³-hybridized carbons (Fsp3) is 0.188. The van der Waals surface area contributed by atoms with Crippen molar-refractivity contribution < 1.29 is 23.6 Å². The third-order valence-electron chi connectivity index (χ3n) is 2.78. The Balaban J connectivity index is 1.88. The van der Waals surface area contributed by atoms with E-state index in [2.05, 4.69) is 9.89 Å². The van der Waals surface area contributed by atoms with Gasteiger partial charge in [0.25, 0.3) is 0 Å². The van der Waals surface area contributed by atoms with Crippen molar-refractivity contribution in [3.05, 3.63) is 59.0 Å². The number of hydrogen-bond acceptors (Lipinski definition) is 6. The van der Waals surface area contributed by atoms with E-state index < -0.39 is 11.9 Å². The highest BCUT2D eigenvalue weighted by Crippen LogP contribution is 2.08. The lowest BCUT2D eigenvalue weighted by atomic mass is 10.1. The van der Waals surface area contributed by atoms with Crippen molar-refractivity contribution in [1.29, 1.82) is 0 Å². The third-order valence-corrected chi connectivity index (χ3v) is 2.78. The van der Waals surface area contributed by atoms with E-state index in [9.17, 15) is 9.59 Å². The molecule has 0 spiro atoms. The van der Waals surface area contributed by atoms with Gasteiger partial charge in [0.1, 0.15) is 18.1 Å². The van der Waals surface area contributed by atoms with Crippen LogP contribution in [0.15, 0.2) is 40.9 Å². The molecule has 0 aliphatic rings. The van der Waals surface area contributed by atoms with Crippen LogP contribution in [-0.4, -0.2) is 24.2 Å². The van der Waals surface area contributed by atoms with Crippen molar-refractivity contribution >= 4 is 18.0 Å². The van der Waals surface area contributed by atoms with Crippen LogP contribution in [0.25, 0.3) is 6.08 Å². The summed E-state index contributed by atoms with van der Waals surface area (Å²) >= 11 is 0. The Morgan fingerprint density at radius 2 is 2.00 bits per heavy atom. The molecule has 1 aromatic heterocycles.